The first-order valence-electron chi connectivity index (χ1n) is 9.68. The Kier molecular flexibility index (Phi) is 6.94. The minimum absolute atomic E-state index is 0.102. The van der Waals surface area contributed by atoms with Gasteiger partial charge in [-0.2, -0.15) is 0 Å². The monoisotopic (exact) mass is 427 g/mol. The van der Waals surface area contributed by atoms with Crippen molar-refractivity contribution in [3.05, 3.63) is 47.7 Å². The fourth-order valence-electron chi connectivity index (χ4n) is 2.97. The van der Waals surface area contributed by atoms with E-state index >= 15 is 0 Å². The zero-order valence-electron chi connectivity index (χ0n) is 17.4. The molecule has 1 unspecified atom stereocenters. The molecule has 158 valence electrons. The molecule has 30 heavy (non-hydrogen) atoms. The minimum atomic E-state index is -0.447. The van der Waals surface area contributed by atoms with Gasteiger partial charge in [0, 0.05) is 12.2 Å². The molecule has 0 saturated heterocycles. The number of carbonyl (C=O) groups is 2. The van der Waals surface area contributed by atoms with Crippen molar-refractivity contribution < 1.29 is 14.0 Å². The topological polar surface area (TPSA) is 102 Å². The number of aryl methyl sites for hydroxylation is 2. The molecule has 0 bridgehead atoms. The first-order valence-corrected chi connectivity index (χ1v) is 10.6. The van der Waals surface area contributed by atoms with E-state index in [4.69, 9.17) is 4.42 Å². The molecule has 3 aromatic rings. The van der Waals surface area contributed by atoms with Gasteiger partial charge in [0.05, 0.1) is 18.1 Å². The number of thioether (sulfide) groups is 1. The minimum Gasteiger partial charge on any atom is -0.461 e. The number of carbonyl (C=O) groups excluding carboxylic acids is 2. The predicted molar refractivity (Wildman–Crippen MR) is 116 cm³/mol. The van der Waals surface area contributed by atoms with Gasteiger partial charge >= 0.3 is 0 Å². The number of rotatable bonds is 8. The Morgan fingerprint density at radius 3 is 2.53 bits per heavy atom. The number of nitrogens with zero attached hydrogens (tertiary/aromatic N) is 3. The number of para-hydroxylation sites is 1. The van der Waals surface area contributed by atoms with Crippen molar-refractivity contribution in [2.45, 2.75) is 44.6 Å². The number of aromatic nitrogens is 3. The molecule has 9 heteroatoms. The zero-order chi connectivity index (χ0) is 21.7. The fourth-order valence-corrected chi connectivity index (χ4v) is 3.90. The lowest BCUT2D eigenvalue weighted by molar-refractivity contribution is -0.123. The largest absolute Gasteiger partial charge is 0.461 e. The SMILES string of the molecule is CCn1c(SC(C)C(=O)NCC(=O)Nc2c(C)cccc2C)nnc1-c1ccco1. The maximum atomic E-state index is 12.5. The van der Waals surface area contributed by atoms with Crippen LogP contribution in [0, 0.1) is 13.8 Å². The van der Waals surface area contributed by atoms with Crippen LogP contribution < -0.4 is 10.6 Å². The molecule has 2 aromatic heterocycles. The van der Waals surface area contributed by atoms with Crippen molar-refractivity contribution in [2.24, 2.45) is 0 Å². The Morgan fingerprint density at radius 2 is 1.90 bits per heavy atom. The van der Waals surface area contributed by atoms with Gasteiger partial charge in [0.1, 0.15) is 0 Å². The van der Waals surface area contributed by atoms with Crippen molar-refractivity contribution in [3.63, 3.8) is 0 Å². The molecule has 0 aliphatic heterocycles. The number of hydrogen-bond donors (Lipinski definition) is 2. The van der Waals surface area contributed by atoms with Crippen LogP contribution in [0.15, 0.2) is 46.2 Å². The van der Waals surface area contributed by atoms with Crippen molar-refractivity contribution in [1.82, 2.24) is 20.1 Å². The number of anilines is 1. The second-order valence-corrected chi connectivity index (χ2v) is 8.13. The Balaban J connectivity index is 1.57. The average Bonchev–Trinajstić information content (AvgIpc) is 3.38. The Bertz CT molecular complexity index is 1010. The van der Waals surface area contributed by atoms with E-state index in [-0.39, 0.29) is 18.4 Å². The van der Waals surface area contributed by atoms with Crippen molar-refractivity contribution in [1.29, 1.82) is 0 Å². The van der Waals surface area contributed by atoms with Gasteiger partial charge in [-0.05, 0) is 51.0 Å². The maximum absolute atomic E-state index is 12.5. The zero-order valence-corrected chi connectivity index (χ0v) is 18.2. The van der Waals surface area contributed by atoms with E-state index < -0.39 is 5.25 Å². The summed E-state index contributed by atoms with van der Waals surface area (Å²) in [6.45, 7) is 8.14. The summed E-state index contributed by atoms with van der Waals surface area (Å²) in [5, 5.41) is 14.1. The molecule has 3 rings (SSSR count). The van der Waals surface area contributed by atoms with Crippen LogP contribution in [0.25, 0.3) is 11.6 Å². The van der Waals surface area contributed by atoms with Gasteiger partial charge in [-0.25, -0.2) is 0 Å². The normalized spacial score (nSPS) is 11.9. The van der Waals surface area contributed by atoms with Gasteiger partial charge in [0.2, 0.25) is 11.8 Å². The second kappa shape index (κ2) is 9.62. The maximum Gasteiger partial charge on any atom is 0.243 e. The van der Waals surface area contributed by atoms with E-state index in [0.717, 1.165) is 16.8 Å². The highest BCUT2D eigenvalue weighted by Crippen LogP contribution is 2.27. The molecular weight excluding hydrogens is 402 g/mol. The van der Waals surface area contributed by atoms with Crippen LogP contribution in [-0.4, -0.2) is 38.4 Å². The number of benzene rings is 1. The van der Waals surface area contributed by atoms with Crippen molar-refractivity contribution in [2.75, 3.05) is 11.9 Å². The van der Waals surface area contributed by atoms with Crippen LogP contribution in [-0.2, 0) is 16.1 Å². The summed E-state index contributed by atoms with van der Waals surface area (Å²) < 4.78 is 7.29. The lowest BCUT2D eigenvalue weighted by atomic mass is 10.1. The van der Waals surface area contributed by atoms with Crippen LogP contribution in [0.4, 0.5) is 5.69 Å². The highest BCUT2D eigenvalue weighted by molar-refractivity contribution is 8.00. The van der Waals surface area contributed by atoms with E-state index in [0.29, 0.717) is 23.3 Å². The van der Waals surface area contributed by atoms with Crippen molar-refractivity contribution in [3.8, 4) is 11.6 Å². The van der Waals surface area contributed by atoms with Gasteiger partial charge < -0.3 is 15.1 Å². The summed E-state index contributed by atoms with van der Waals surface area (Å²) in [6.07, 6.45) is 1.58. The van der Waals surface area contributed by atoms with Crippen LogP contribution in [0.5, 0.6) is 0 Å². The fraction of sp³-hybridized carbons (Fsp3) is 0.333. The Labute approximate surface area is 179 Å². The van der Waals surface area contributed by atoms with Crippen LogP contribution in [0.1, 0.15) is 25.0 Å². The van der Waals surface area contributed by atoms with Crippen molar-refractivity contribution >= 4 is 29.3 Å². The van der Waals surface area contributed by atoms with Crippen LogP contribution >= 0.6 is 11.8 Å². The number of hydrogen-bond acceptors (Lipinski definition) is 6. The molecule has 2 heterocycles. The molecule has 0 aliphatic rings. The van der Waals surface area contributed by atoms with E-state index in [9.17, 15) is 9.59 Å². The average molecular weight is 428 g/mol. The number of nitrogens with one attached hydrogen (secondary N) is 2. The molecule has 0 saturated carbocycles. The summed E-state index contributed by atoms with van der Waals surface area (Å²) >= 11 is 1.29. The first-order chi connectivity index (χ1) is 14.4. The van der Waals surface area contributed by atoms with Gasteiger partial charge in [-0.3, -0.25) is 14.2 Å². The summed E-state index contributed by atoms with van der Waals surface area (Å²) in [5.41, 5.74) is 2.73. The molecule has 2 N–H and O–H groups in total. The molecule has 8 nitrogen and oxygen atoms in total. The molecule has 0 spiro atoms. The first kappa shape index (κ1) is 21.6. The lowest BCUT2D eigenvalue weighted by Gasteiger charge is -2.14. The van der Waals surface area contributed by atoms with Gasteiger partial charge in [-0.1, -0.05) is 30.0 Å². The van der Waals surface area contributed by atoms with Gasteiger partial charge in [0.25, 0.3) is 0 Å². The summed E-state index contributed by atoms with van der Waals surface area (Å²) in [5.74, 6) is 0.721. The van der Waals surface area contributed by atoms with E-state index in [1.807, 2.05) is 49.6 Å². The predicted octanol–water partition coefficient (Wildman–Crippen LogP) is 3.41. The standard InChI is InChI=1S/C21H25N5O3S/c1-5-26-19(16-10-7-11-29-16)24-25-21(26)30-15(4)20(28)22-12-17(27)23-18-13(2)8-6-9-14(18)3/h6-11,15H,5,12H2,1-4H3,(H,22,28)(H,23,27). The highest BCUT2D eigenvalue weighted by Gasteiger charge is 2.21. The third-order valence-electron chi connectivity index (χ3n) is 4.59. The third kappa shape index (κ3) is 4.91. The molecule has 0 fully saturated rings. The highest BCUT2D eigenvalue weighted by atomic mass is 32.2. The molecule has 0 aliphatic carbocycles. The van der Waals surface area contributed by atoms with Crippen LogP contribution in [0.3, 0.4) is 0 Å². The quantitative estimate of drug-likeness (QED) is 0.534. The molecule has 2 amide bonds. The van der Waals surface area contributed by atoms with E-state index in [1.165, 1.54) is 11.8 Å². The van der Waals surface area contributed by atoms with E-state index in [1.54, 1.807) is 19.3 Å². The second-order valence-electron chi connectivity index (χ2n) is 6.82. The summed E-state index contributed by atoms with van der Waals surface area (Å²) in [6, 6.07) is 9.40. The van der Waals surface area contributed by atoms with E-state index in [2.05, 4.69) is 20.8 Å². The lowest BCUT2D eigenvalue weighted by Crippen LogP contribution is -2.37. The smallest absolute Gasteiger partial charge is 0.243 e. The summed E-state index contributed by atoms with van der Waals surface area (Å²) in [7, 11) is 0. The molecule has 1 aromatic carbocycles. The summed E-state index contributed by atoms with van der Waals surface area (Å²) in [4.78, 5) is 24.8. The molecule has 0 radical (unpaired) electrons. The van der Waals surface area contributed by atoms with Gasteiger partial charge in [0.15, 0.2) is 16.7 Å². The molecule has 1 atom stereocenters. The number of amides is 2. The Hall–Kier alpha value is -3.07. The molecular formula is C21H25N5O3S. The number of furan rings is 1. The third-order valence-corrected chi connectivity index (χ3v) is 5.68. The van der Waals surface area contributed by atoms with Crippen LogP contribution in [0.2, 0.25) is 0 Å². The Morgan fingerprint density at radius 1 is 1.17 bits per heavy atom. The van der Waals surface area contributed by atoms with Gasteiger partial charge in [-0.15, -0.1) is 10.2 Å².